The topological polar surface area (TPSA) is 0 Å². The van der Waals surface area contributed by atoms with Crippen molar-refractivity contribution < 1.29 is 0 Å². The molecule has 0 spiro atoms. The van der Waals surface area contributed by atoms with Gasteiger partial charge >= 0.3 is 0 Å². The fourth-order valence-corrected chi connectivity index (χ4v) is 3.23. The van der Waals surface area contributed by atoms with Gasteiger partial charge in [-0.05, 0) is 31.2 Å². The quantitative estimate of drug-likeness (QED) is 0.146. The van der Waals surface area contributed by atoms with Crippen LogP contribution in [0.2, 0.25) is 0 Å². The lowest BCUT2D eigenvalue weighted by Crippen LogP contribution is -2.08. The van der Waals surface area contributed by atoms with E-state index in [1.807, 2.05) is 0 Å². The predicted octanol–water partition coefficient (Wildman–Crippen LogP) is 7.20. The van der Waals surface area contributed by atoms with Crippen LogP contribution in [0, 0.1) is 0 Å². The molecule has 0 unspecified atom stereocenters. The molecule has 0 heterocycles. The highest BCUT2D eigenvalue weighted by molar-refractivity contribution is 6.23. The summed E-state index contributed by atoms with van der Waals surface area (Å²) in [5.41, 5.74) is 0. The minimum absolute atomic E-state index is 0. The van der Waals surface area contributed by atoms with Gasteiger partial charge in [-0.25, -0.2) is 0 Å². The van der Waals surface area contributed by atoms with Crippen LogP contribution in [-0.4, -0.2) is 15.8 Å². The molecule has 0 saturated heterocycles. The average Bonchev–Trinajstić information content (AvgIpc) is 2.45. The Morgan fingerprint density at radius 2 is 0.783 bits per heavy atom. The minimum atomic E-state index is 0. The van der Waals surface area contributed by atoms with E-state index in [1.165, 1.54) is 103 Å². The SMILES string of the molecule is CCCCCCCCCCCCCCCCCCC(C)(C)Cl.[SiH4]. The molecular weight excluding hydrogens is 316 g/mol. The van der Waals surface area contributed by atoms with Crippen LogP contribution in [0.25, 0.3) is 0 Å². The molecule has 0 aliphatic rings. The first-order valence-corrected chi connectivity index (χ1v) is 10.6. The number of halogens is 1. The second-order valence-corrected chi connectivity index (χ2v) is 8.80. The lowest BCUT2D eigenvalue weighted by atomic mass is 10.0. The zero-order valence-corrected chi connectivity index (χ0v) is 16.7. The third-order valence-electron chi connectivity index (χ3n) is 4.62. The van der Waals surface area contributed by atoms with Crippen LogP contribution < -0.4 is 0 Å². The summed E-state index contributed by atoms with van der Waals surface area (Å²) in [6, 6.07) is 0. The maximum absolute atomic E-state index is 6.20. The second kappa shape index (κ2) is 18.8. The maximum Gasteiger partial charge on any atom is 0.0390 e. The van der Waals surface area contributed by atoms with E-state index < -0.39 is 0 Å². The van der Waals surface area contributed by atoms with Crippen LogP contribution in [0.1, 0.15) is 130 Å². The fraction of sp³-hybridized carbons (Fsp3) is 1.00. The van der Waals surface area contributed by atoms with Crippen molar-refractivity contribution in [3.63, 3.8) is 0 Å². The monoisotopic (exact) mass is 362 g/mol. The van der Waals surface area contributed by atoms with E-state index in [0.717, 1.165) is 6.42 Å². The Balaban J connectivity index is 0. The summed E-state index contributed by atoms with van der Waals surface area (Å²) < 4.78 is 0. The number of unbranched alkanes of at least 4 members (excludes halogenated alkanes) is 15. The van der Waals surface area contributed by atoms with Crippen LogP contribution >= 0.6 is 11.6 Å². The summed E-state index contributed by atoms with van der Waals surface area (Å²) in [6.07, 6.45) is 24.1. The van der Waals surface area contributed by atoms with E-state index in [0.29, 0.717) is 0 Å². The first kappa shape index (κ1) is 25.7. The van der Waals surface area contributed by atoms with Crippen LogP contribution in [0.5, 0.6) is 0 Å². The van der Waals surface area contributed by atoms with Gasteiger partial charge in [0.15, 0.2) is 0 Å². The summed E-state index contributed by atoms with van der Waals surface area (Å²) in [6.45, 7) is 6.54. The molecule has 0 bridgehead atoms. The molecule has 0 aliphatic carbocycles. The molecule has 0 aliphatic heterocycles. The Bertz CT molecular complexity index is 210. The largest absolute Gasteiger partial charge is 0.120 e. The number of rotatable bonds is 17. The molecule has 2 heteroatoms. The standard InChI is InChI=1S/C21H43Cl.H4Si/c1-4-5-6-7-8-9-10-11-12-13-14-15-16-17-18-19-20-21(2,3)22;/h4-20H2,1-3H3;1H4. The van der Waals surface area contributed by atoms with E-state index in [1.54, 1.807) is 0 Å². The number of alkyl halides is 1. The Labute approximate surface area is 157 Å². The molecule has 0 aromatic rings. The zero-order chi connectivity index (χ0) is 16.5. The van der Waals surface area contributed by atoms with Gasteiger partial charge in [-0.1, -0.05) is 110 Å². The van der Waals surface area contributed by atoms with Crippen molar-refractivity contribution in [1.29, 1.82) is 0 Å². The Kier molecular flexibility index (Phi) is 21.1. The maximum atomic E-state index is 6.20. The van der Waals surface area contributed by atoms with Gasteiger partial charge in [0.1, 0.15) is 0 Å². The number of hydrogen-bond acceptors (Lipinski definition) is 0. The first-order chi connectivity index (χ1) is 10.6. The highest BCUT2D eigenvalue weighted by Crippen LogP contribution is 2.21. The van der Waals surface area contributed by atoms with Gasteiger partial charge in [-0.15, -0.1) is 11.6 Å². The molecular formula is C21H47ClSi. The highest BCUT2D eigenvalue weighted by atomic mass is 35.5. The van der Waals surface area contributed by atoms with Crippen LogP contribution in [0.4, 0.5) is 0 Å². The first-order valence-electron chi connectivity index (χ1n) is 10.2. The summed E-state index contributed by atoms with van der Waals surface area (Å²) in [7, 11) is 0. The number of hydrogen-bond donors (Lipinski definition) is 0. The molecule has 0 nitrogen and oxygen atoms in total. The predicted molar refractivity (Wildman–Crippen MR) is 115 cm³/mol. The summed E-state index contributed by atoms with van der Waals surface area (Å²) in [5, 5.41) is 0. The van der Waals surface area contributed by atoms with Gasteiger partial charge in [0.2, 0.25) is 0 Å². The van der Waals surface area contributed by atoms with Gasteiger partial charge in [-0.3, -0.25) is 0 Å². The molecule has 0 atom stereocenters. The van der Waals surface area contributed by atoms with E-state index in [2.05, 4.69) is 20.8 Å². The van der Waals surface area contributed by atoms with Gasteiger partial charge in [0.05, 0.1) is 0 Å². The van der Waals surface area contributed by atoms with Crippen molar-refractivity contribution in [3.8, 4) is 0 Å². The molecule has 0 fully saturated rings. The molecule has 0 radical (unpaired) electrons. The average molecular weight is 363 g/mol. The minimum Gasteiger partial charge on any atom is -0.120 e. The summed E-state index contributed by atoms with van der Waals surface area (Å²) in [5.74, 6) is 0. The molecule has 0 rings (SSSR count). The Morgan fingerprint density at radius 1 is 0.522 bits per heavy atom. The molecule has 0 amide bonds. The molecule has 0 N–H and O–H groups in total. The van der Waals surface area contributed by atoms with Gasteiger partial charge in [0.25, 0.3) is 0 Å². The molecule has 0 aromatic carbocycles. The van der Waals surface area contributed by atoms with Crippen LogP contribution in [0.15, 0.2) is 0 Å². The third-order valence-corrected chi connectivity index (χ3v) is 4.81. The lowest BCUT2D eigenvalue weighted by Gasteiger charge is -2.14. The van der Waals surface area contributed by atoms with Gasteiger partial charge in [-0.2, -0.15) is 0 Å². The normalized spacial score (nSPS) is 11.5. The Hall–Kier alpha value is 0.507. The van der Waals surface area contributed by atoms with Gasteiger partial charge in [0, 0.05) is 4.87 Å². The van der Waals surface area contributed by atoms with E-state index >= 15 is 0 Å². The van der Waals surface area contributed by atoms with E-state index in [4.69, 9.17) is 11.6 Å². The van der Waals surface area contributed by atoms with Gasteiger partial charge < -0.3 is 0 Å². The zero-order valence-electron chi connectivity index (χ0n) is 15.9. The molecule has 142 valence electrons. The molecule has 0 saturated carbocycles. The van der Waals surface area contributed by atoms with E-state index in [9.17, 15) is 0 Å². The van der Waals surface area contributed by atoms with Crippen molar-refractivity contribution in [2.45, 2.75) is 135 Å². The van der Waals surface area contributed by atoms with Crippen LogP contribution in [-0.2, 0) is 0 Å². The second-order valence-electron chi connectivity index (χ2n) is 7.77. The molecule has 23 heavy (non-hydrogen) atoms. The van der Waals surface area contributed by atoms with Crippen LogP contribution in [0.3, 0.4) is 0 Å². The fourth-order valence-electron chi connectivity index (χ4n) is 3.09. The van der Waals surface area contributed by atoms with Crippen molar-refractivity contribution >= 4 is 22.6 Å². The van der Waals surface area contributed by atoms with E-state index in [-0.39, 0.29) is 15.8 Å². The van der Waals surface area contributed by atoms with Crippen molar-refractivity contribution in [2.75, 3.05) is 0 Å². The third kappa shape index (κ3) is 24.9. The summed E-state index contributed by atoms with van der Waals surface area (Å²) in [4.78, 5) is 0.00992. The lowest BCUT2D eigenvalue weighted by molar-refractivity contribution is 0.514. The van der Waals surface area contributed by atoms with Crippen molar-refractivity contribution in [1.82, 2.24) is 0 Å². The highest BCUT2D eigenvalue weighted by Gasteiger charge is 2.11. The Morgan fingerprint density at radius 3 is 1.04 bits per heavy atom. The summed E-state index contributed by atoms with van der Waals surface area (Å²) >= 11 is 6.20. The van der Waals surface area contributed by atoms with Crippen molar-refractivity contribution in [3.05, 3.63) is 0 Å². The van der Waals surface area contributed by atoms with Crippen molar-refractivity contribution in [2.24, 2.45) is 0 Å². The molecule has 0 aromatic heterocycles. The smallest absolute Gasteiger partial charge is 0.0390 e.